The first-order valence-corrected chi connectivity index (χ1v) is 8.61. The van der Waals surface area contributed by atoms with Gasteiger partial charge >= 0.3 is 0 Å². The van der Waals surface area contributed by atoms with Gasteiger partial charge in [0, 0.05) is 26.3 Å². The molecule has 0 saturated carbocycles. The fourth-order valence-electron chi connectivity index (χ4n) is 2.94. The molecule has 4 rings (SSSR count). The van der Waals surface area contributed by atoms with E-state index in [1.54, 1.807) is 19.2 Å². The maximum atomic E-state index is 12.2. The van der Waals surface area contributed by atoms with Crippen molar-refractivity contribution in [2.75, 3.05) is 25.6 Å². The number of imidazole rings is 2. The maximum Gasteiger partial charge on any atom is 0.251 e. The first kappa shape index (κ1) is 17.0. The number of hydrogen-bond donors (Lipinski definition) is 3. The summed E-state index contributed by atoms with van der Waals surface area (Å²) in [4.78, 5) is 24.6. The molecule has 8 nitrogen and oxygen atoms in total. The third kappa shape index (κ3) is 3.34. The normalized spacial score (nSPS) is 11.2. The maximum absolute atomic E-state index is 12.2. The van der Waals surface area contributed by atoms with E-state index in [0.717, 1.165) is 22.1 Å². The number of aryl methyl sites for hydroxylation is 1. The van der Waals surface area contributed by atoms with Crippen LogP contribution in [-0.2, 0) is 11.8 Å². The van der Waals surface area contributed by atoms with Gasteiger partial charge in [0.2, 0.25) is 11.9 Å². The number of aromatic nitrogens is 4. The number of benzene rings is 2. The lowest BCUT2D eigenvalue weighted by Gasteiger charge is -2.04. The second-order valence-electron chi connectivity index (χ2n) is 6.17. The predicted molar refractivity (Wildman–Crippen MR) is 104 cm³/mol. The lowest BCUT2D eigenvalue weighted by Crippen LogP contribution is -2.26. The molecule has 8 heteroatoms. The third-order valence-electron chi connectivity index (χ3n) is 4.35. The van der Waals surface area contributed by atoms with Crippen molar-refractivity contribution in [3.63, 3.8) is 0 Å². The molecule has 2 heterocycles. The molecular formula is C19H20N6O2. The molecule has 0 fully saturated rings. The summed E-state index contributed by atoms with van der Waals surface area (Å²) < 4.78 is 6.87. The number of anilines is 2. The largest absolute Gasteiger partial charge is 0.383 e. The predicted octanol–water partition coefficient (Wildman–Crippen LogP) is 2.57. The van der Waals surface area contributed by atoms with Gasteiger partial charge in [-0.2, -0.15) is 0 Å². The molecule has 27 heavy (non-hydrogen) atoms. The summed E-state index contributed by atoms with van der Waals surface area (Å²) >= 11 is 0. The fraction of sp³-hybridized carbons (Fsp3) is 0.211. The number of ether oxygens (including phenoxy) is 1. The molecule has 0 aliphatic heterocycles. The van der Waals surface area contributed by atoms with Crippen molar-refractivity contribution in [1.29, 1.82) is 0 Å². The molecule has 0 radical (unpaired) electrons. The summed E-state index contributed by atoms with van der Waals surface area (Å²) in [7, 11) is 3.52. The Bertz CT molecular complexity index is 1080. The van der Waals surface area contributed by atoms with Gasteiger partial charge in [0.25, 0.3) is 5.91 Å². The molecule has 4 aromatic rings. The second-order valence-corrected chi connectivity index (χ2v) is 6.17. The highest BCUT2D eigenvalue weighted by Crippen LogP contribution is 2.23. The first-order valence-electron chi connectivity index (χ1n) is 8.61. The number of para-hydroxylation sites is 2. The molecular weight excluding hydrogens is 344 g/mol. The summed E-state index contributed by atoms with van der Waals surface area (Å²) in [5, 5.41) is 6.02. The number of nitrogens with one attached hydrogen (secondary N) is 3. The van der Waals surface area contributed by atoms with Crippen molar-refractivity contribution in [1.82, 2.24) is 24.8 Å². The number of H-pyrrole nitrogens is 1. The van der Waals surface area contributed by atoms with Gasteiger partial charge < -0.3 is 19.6 Å². The number of methoxy groups -OCH3 is 1. The van der Waals surface area contributed by atoms with Crippen molar-refractivity contribution in [3.8, 4) is 0 Å². The van der Waals surface area contributed by atoms with Gasteiger partial charge in [-0.05, 0) is 30.3 Å². The van der Waals surface area contributed by atoms with E-state index in [0.29, 0.717) is 30.6 Å². The van der Waals surface area contributed by atoms with Crippen LogP contribution >= 0.6 is 0 Å². The van der Waals surface area contributed by atoms with E-state index in [2.05, 4.69) is 25.6 Å². The van der Waals surface area contributed by atoms with E-state index in [1.807, 2.05) is 41.9 Å². The van der Waals surface area contributed by atoms with E-state index in [-0.39, 0.29) is 5.91 Å². The molecule has 0 bridgehead atoms. The molecule has 138 valence electrons. The molecule has 1 amide bonds. The molecule has 3 N–H and O–H groups in total. The Kier molecular flexibility index (Phi) is 4.47. The lowest BCUT2D eigenvalue weighted by atomic mass is 10.2. The summed E-state index contributed by atoms with van der Waals surface area (Å²) in [6.45, 7) is 0.942. The van der Waals surface area contributed by atoms with Crippen molar-refractivity contribution >= 4 is 39.9 Å². The zero-order chi connectivity index (χ0) is 18.8. The molecule has 0 saturated heterocycles. The third-order valence-corrected chi connectivity index (χ3v) is 4.35. The minimum Gasteiger partial charge on any atom is -0.383 e. The van der Waals surface area contributed by atoms with E-state index < -0.39 is 0 Å². The van der Waals surface area contributed by atoms with Crippen LogP contribution in [0.3, 0.4) is 0 Å². The van der Waals surface area contributed by atoms with Crippen LogP contribution in [0.15, 0.2) is 42.5 Å². The van der Waals surface area contributed by atoms with Gasteiger partial charge in [-0.1, -0.05) is 12.1 Å². The average molecular weight is 364 g/mol. The standard InChI is InChI=1S/C19H20N6O2/c1-25-16-8-7-12(17(26)20-9-10-27-2)11-15(16)23-19(25)24-18-21-13-5-3-4-6-14(13)22-18/h3-8,11H,9-10H2,1-2H3,(H,20,26)(H2,21,22,23,24). The van der Waals surface area contributed by atoms with Crippen molar-refractivity contribution in [2.24, 2.45) is 7.05 Å². The molecule has 0 spiro atoms. The van der Waals surface area contributed by atoms with Gasteiger partial charge in [0.1, 0.15) is 0 Å². The van der Waals surface area contributed by atoms with Crippen LogP contribution in [0.4, 0.5) is 11.9 Å². The molecule has 2 aromatic carbocycles. The van der Waals surface area contributed by atoms with E-state index in [1.165, 1.54) is 0 Å². The number of carbonyl (C=O) groups excluding carboxylic acids is 1. The molecule has 0 unspecified atom stereocenters. The Hall–Kier alpha value is -3.39. The van der Waals surface area contributed by atoms with Crippen LogP contribution < -0.4 is 10.6 Å². The zero-order valence-corrected chi connectivity index (χ0v) is 15.1. The van der Waals surface area contributed by atoms with Gasteiger partial charge in [0.05, 0.1) is 28.7 Å². The number of rotatable bonds is 6. The van der Waals surface area contributed by atoms with Crippen LogP contribution in [0.2, 0.25) is 0 Å². The second kappa shape index (κ2) is 7.08. The van der Waals surface area contributed by atoms with Gasteiger partial charge in [-0.15, -0.1) is 0 Å². The Labute approximate surface area is 155 Å². The summed E-state index contributed by atoms with van der Waals surface area (Å²) in [6.07, 6.45) is 0. The smallest absolute Gasteiger partial charge is 0.251 e. The average Bonchev–Trinajstić information content (AvgIpc) is 3.22. The fourth-order valence-corrected chi connectivity index (χ4v) is 2.94. The lowest BCUT2D eigenvalue weighted by molar-refractivity contribution is 0.0937. The number of hydrogen-bond acceptors (Lipinski definition) is 5. The Morgan fingerprint density at radius 3 is 2.85 bits per heavy atom. The van der Waals surface area contributed by atoms with E-state index >= 15 is 0 Å². The summed E-state index contributed by atoms with van der Waals surface area (Å²) in [6, 6.07) is 13.3. The van der Waals surface area contributed by atoms with Gasteiger partial charge in [0.15, 0.2) is 0 Å². The van der Waals surface area contributed by atoms with Crippen molar-refractivity contribution < 1.29 is 9.53 Å². The number of aromatic amines is 1. The molecule has 0 atom stereocenters. The topological polar surface area (TPSA) is 96.9 Å². The Morgan fingerprint density at radius 1 is 1.19 bits per heavy atom. The van der Waals surface area contributed by atoms with Crippen LogP contribution in [0.25, 0.3) is 22.1 Å². The zero-order valence-electron chi connectivity index (χ0n) is 15.1. The van der Waals surface area contributed by atoms with Crippen molar-refractivity contribution in [3.05, 3.63) is 48.0 Å². The first-order chi connectivity index (χ1) is 13.2. The van der Waals surface area contributed by atoms with E-state index in [9.17, 15) is 4.79 Å². The number of amides is 1. The molecule has 0 aliphatic carbocycles. The molecule has 0 aliphatic rings. The van der Waals surface area contributed by atoms with E-state index in [4.69, 9.17) is 4.74 Å². The van der Waals surface area contributed by atoms with Crippen molar-refractivity contribution in [2.45, 2.75) is 0 Å². The van der Waals surface area contributed by atoms with Gasteiger partial charge in [-0.3, -0.25) is 10.1 Å². The minimum absolute atomic E-state index is 0.147. The number of nitrogens with zero attached hydrogens (tertiary/aromatic N) is 3. The van der Waals surface area contributed by atoms with Crippen LogP contribution in [-0.4, -0.2) is 45.7 Å². The molecule has 2 aromatic heterocycles. The summed E-state index contributed by atoms with van der Waals surface area (Å²) in [5.74, 6) is 1.11. The number of carbonyl (C=O) groups is 1. The van der Waals surface area contributed by atoms with Crippen LogP contribution in [0, 0.1) is 0 Å². The minimum atomic E-state index is -0.147. The van der Waals surface area contributed by atoms with Crippen LogP contribution in [0.5, 0.6) is 0 Å². The Balaban J connectivity index is 1.60. The SMILES string of the molecule is COCCNC(=O)c1ccc2c(c1)nc(Nc1nc3ccccc3[nH]1)n2C. The monoisotopic (exact) mass is 364 g/mol. The highest BCUT2D eigenvalue weighted by Gasteiger charge is 2.13. The van der Waals surface area contributed by atoms with Gasteiger partial charge in [-0.25, -0.2) is 9.97 Å². The highest BCUT2D eigenvalue weighted by molar-refractivity contribution is 5.97. The quantitative estimate of drug-likeness (QED) is 0.457. The highest BCUT2D eigenvalue weighted by atomic mass is 16.5. The van der Waals surface area contributed by atoms with Crippen LogP contribution in [0.1, 0.15) is 10.4 Å². The summed E-state index contributed by atoms with van der Waals surface area (Å²) in [5.41, 5.74) is 4.05. The Morgan fingerprint density at radius 2 is 2.04 bits per heavy atom. The number of fused-ring (bicyclic) bond motifs is 2.